The molecule has 2 rings (SSSR count). The number of rotatable bonds is 5. The zero-order valence-corrected chi connectivity index (χ0v) is 12.2. The van der Waals surface area contributed by atoms with Gasteiger partial charge in [-0.15, -0.1) is 11.3 Å². The van der Waals surface area contributed by atoms with E-state index in [-0.39, 0.29) is 5.56 Å². The first kappa shape index (κ1) is 13.8. The number of nitrogens with zero attached hydrogens (tertiary/aromatic N) is 2. The summed E-state index contributed by atoms with van der Waals surface area (Å²) < 4.78 is 1.75. The molecule has 5 heteroatoms. The first-order valence-corrected chi connectivity index (χ1v) is 7.22. The first-order chi connectivity index (χ1) is 8.99. The number of thiophene rings is 1. The highest BCUT2D eigenvalue weighted by Gasteiger charge is 2.19. The van der Waals surface area contributed by atoms with Gasteiger partial charge in [0.1, 0.15) is 11.3 Å². The fraction of sp³-hybridized carbons (Fsp3) is 0.429. The Balaban J connectivity index is 2.37. The number of aromatic nitrogens is 2. The van der Waals surface area contributed by atoms with E-state index >= 15 is 0 Å². The standard InChI is InChI=1S/C14H18N2O2S/c1-9(2)4-6-16-8-11(14(17)18)12(15-16)13-10(3)5-7-19-13/h5,7-9H,4,6H2,1-3H3,(H,17,18). The van der Waals surface area contributed by atoms with Crippen molar-refractivity contribution < 1.29 is 9.90 Å². The minimum atomic E-state index is -0.918. The Bertz CT molecular complexity index is 584. The Morgan fingerprint density at radius 3 is 2.79 bits per heavy atom. The number of carboxylic acid groups (broad SMARTS) is 1. The number of aryl methyl sites for hydroxylation is 2. The molecule has 0 aliphatic rings. The lowest BCUT2D eigenvalue weighted by atomic mass is 10.1. The van der Waals surface area contributed by atoms with Crippen LogP contribution in [-0.4, -0.2) is 20.9 Å². The van der Waals surface area contributed by atoms with Crippen LogP contribution in [0, 0.1) is 12.8 Å². The summed E-state index contributed by atoms with van der Waals surface area (Å²) in [6.07, 6.45) is 2.63. The molecule has 2 aromatic heterocycles. The van der Waals surface area contributed by atoms with E-state index < -0.39 is 5.97 Å². The molecule has 0 bridgehead atoms. The molecule has 0 aromatic carbocycles. The van der Waals surface area contributed by atoms with Gasteiger partial charge in [0, 0.05) is 12.7 Å². The van der Waals surface area contributed by atoms with Crippen LogP contribution in [0.5, 0.6) is 0 Å². The van der Waals surface area contributed by atoms with Crippen molar-refractivity contribution in [2.45, 2.75) is 33.7 Å². The predicted molar refractivity (Wildman–Crippen MR) is 76.7 cm³/mol. The van der Waals surface area contributed by atoms with E-state index in [4.69, 9.17) is 0 Å². The predicted octanol–water partition coefficient (Wildman–Crippen LogP) is 3.66. The molecule has 0 aliphatic heterocycles. The molecule has 0 saturated carbocycles. The second-order valence-electron chi connectivity index (χ2n) is 5.07. The molecule has 0 fully saturated rings. The van der Waals surface area contributed by atoms with Gasteiger partial charge >= 0.3 is 5.97 Å². The summed E-state index contributed by atoms with van der Waals surface area (Å²) in [6, 6.07) is 1.98. The van der Waals surface area contributed by atoms with E-state index in [1.807, 2.05) is 18.4 Å². The van der Waals surface area contributed by atoms with Crippen molar-refractivity contribution in [1.29, 1.82) is 0 Å². The quantitative estimate of drug-likeness (QED) is 0.908. The largest absolute Gasteiger partial charge is 0.478 e. The van der Waals surface area contributed by atoms with E-state index in [2.05, 4.69) is 18.9 Å². The van der Waals surface area contributed by atoms with Gasteiger partial charge in [-0.2, -0.15) is 5.10 Å². The lowest BCUT2D eigenvalue weighted by Crippen LogP contribution is -2.02. The van der Waals surface area contributed by atoms with Crippen LogP contribution >= 0.6 is 11.3 Å². The minimum absolute atomic E-state index is 0.286. The van der Waals surface area contributed by atoms with Crippen LogP contribution in [0.3, 0.4) is 0 Å². The minimum Gasteiger partial charge on any atom is -0.478 e. The molecule has 0 atom stereocenters. The molecule has 0 unspecified atom stereocenters. The van der Waals surface area contributed by atoms with Crippen LogP contribution in [0.1, 0.15) is 36.2 Å². The zero-order chi connectivity index (χ0) is 14.0. The van der Waals surface area contributed by atoms with E-state index in [1.165, 1.54) is 11.3 Å². The van der Waals surface area contributed by atoms with Crippen molar-refractivity contribution in [2.75, 3.05) is 0 Å². The summed E-state index contributed by atoms with van der Waals surface area (Å²) in [6.45, 7) is 7.02. The maximum absolute atomic E-state index is 11.3. The van der Waals surface area contributed by atoms with E-state index in [0.29, 0.717) is 11.6 Å². The smallest absolute Gasteiger partial charge is 0.339 e. The van der Waals surface area contributed by atoms with Gasteiger partial charge in [-0.25, -0.2) is 4.79 Å². The van der Waals surface area contributed by atoms with Gasteiger partial charge in [0.15, 0.2) is 0 Å². The number of hydrogen-bond acceptors (Lipinski definition) is 3. The highest BCUT2D eigenvalue weighted by Crippen LogP contribution is 2.30. The topological polar surface area (TPSA) is 55.1 Å². The maximum atomic E-state index is 11.3. The SMILES string of the molecule is Cc1ccsc1-c1nn(CCC(C)C)cc1C(=O)O. The van der Waals surface area contributed by atoms with Gasteiger partial charge in [0.2, 0.25) is 0 Å². The van der Waals surface area contributed by atoms with Gasteiger partial charge in [-0.05, 0) is 36.3 Å². The third-order valence-corrected chi connectivity index (χ3v) is 4.03. The Kier molecular flexibility index (Phi) is 4.04. The summed E-state index contributed by atoms with van der Waals surface area (Å²) in [5, 5.41) is 15.7. The number of aromatic carboxylic acids is 1. The Morgan fingerprint density at radius 2 is 2.26 bits per heavy atom. The van der Waals surface area contributed by atoms with Crippen LogP contribution < -0.4 is 0 Å². The van der Waals surface area contributed by atoms with Crippen molar-refractivity contribution >= 4 is 17.3 Å². The van der Waals surface area contributed by atoms with Crippen LogP contribution in [0.25, 0.3) is 10.6 Å². The number of carboxylic acids is 1. The second kappa shape index (κ2) is 5.57. The van der Waals surface area contributed by atoms with Crippen molar-refractivity contribution in [3.05, 3.63) is 28.8 Å². The molecule has 2 heterocycles. The molecule has 4 nitrogen and oxygen atoms in total. The number of carbonyl (C=O) groups is 1. The Hall–Kier alpha value is -1.62. The molecule has 102 valence electrons. The molecule has 0 radical (unpaired) electrons. The maximum Gasteiger partial charge on any atom is 0.339 e. The lowest BCUT2D eigenvalue weighted by Gasteiger charge is -2.03. The Labute approximate surface area is 116 Å². The van der Waals surface area contributed by atoms with Crippen LogP contribution in [0.15, 0.2) is 17.6 Å². The van der Waals surface area contributed by atoms with E-state index in [1.54, 1.807) is 10.9 Å². The van der Waals surface area contributed by atoms with Gasteiger partial charge in [-0.1, -0.05) is 13.8 Å². The van der Waals surface area contributed by atoms with Gasteiger partial charge in [0.05, 0.1) is 4.88 Å². The van der Waals surface area contributed by atoms with Gasteiger partial charge in [-0.3, -0.25) is 4.68 Å². The Morgan fingerprint density at radius 1 is 1.53 bits per heavy atom. The monoisotopic (exact) mass is 278 g/mol. The fourth-order valence-corrected chi connectivity index (χ4v) is 2.79. The molecule has 19 heavy (non-hydrogen) atoms. The first-order valence-electron chi connectivity index (χ1n) is 6.34. The third-order valence-electron chi connectivity index (χ3n) is 3.00. The van der Waals surface area contributed by atoms with Crippen molar-refractivity contribution in [3.8, 4) is 10.6 Å². The summed E-state index contributed by atoms with van der Waals surface area (Å²) in [5.74, 6) is -0.344. The van der Waals surface area contributed by atoms with Crippen molar-refractivity contribution in [3.63, 3.8) is 0 Å². The van der Waals surface area contributed by atoms with E-state index in [9.17, 15) is 9.90 Å². The lowest BCUT2D eigenvalue weighted by molar-refractivity contribution is 0.0697. The summed E-state index contributed by atoms with van der Waals surface area (Å²) in [5.41, 5.74) is 1.94. The third kappa shape index (κ3) is 3.04. The van der Waals surface area contributed by atoms with Gasteiger partial charge < -0.3 is 5.11 Å². The molecule has 0 saturated heterocycles. The molecule has 0 amide bonds. The van der Waals surface area contributed by atoms with Crippen molar-refractivity contribution in [2.24, 2.45) is 5.92 Å². The fourth-order valence-electron chi connectivity index (χ4n) is 1.87. The zero-order valence-electron chi connectivity index (χ0n) is 11.4. The van der Waals surface area contributed by atoms with E-state index in [0.717, 1.165) is 23.4 Å². The highest BCUT2D eigenvalue weighted by molar-refractivity contribution is 7.13. The molecular weight excluding hydrogens is 260 g/mol. The molecule has 0 aliphatic carbocycles. The highest BCUT2D eigenvalue weighted by atomic mass is 32.1. The van der Waals surface area contributed by atoms with Crippen LogP contribution in [0.4, 0.5) is 0 Å². The van der Waals surface area contributed by atoms with Crippen LogP contribution in [-0.2, 0) is 6.54 Å². The summed E-state index contributed by atoms with van der Waals surface area (Å²) >= 11 is 1.53. The number of hydrogen-bond donors (Lipinski definition) is 1. The average Bonchev–Trinajstić information content (AvgIpc) is 2.91. The normalized spacial score (nSPS) is 11.2. The summed E-state index contributed by atoms with van der Waals surface area (Å²) in [4.78, 5) is 12.3. The van der Waals surface area contributed by atoms with Crippen molar-refractivity contribution in [1.82, 2.24) is 9.78 Å². The molecule has 0 spiro atoms. The second-order valence-corrected chi connectivity index (χ2v) is 5.99. The summed E-state index contributed by atoms with van der Waals surface area (Å²) in [7, 11) is 0. The van der Waals surface area contributed by atoms with Crippen LogP contribution in [0.2, 0.25) is 0 Å². The molecule has 2 aromatic rings. The van der Waals surface area contributed by atoms with Gasteiger partial charge in [0.25, 0.3) is 0 Å². The molecular formula is C14H18N2O2S. The average molecular weight is 278 g/mol. The molecule has 1 N–H and O–H groups in total.